The molecule has 0 aliphatic heterocycles. The lowest BCUT2D eigenvalue weighted by Crippen LogP contribution is -2.39. The minimum absolute atomic E-state index is 0.0568. The van der Waals surface area contributed by atoms with Gasteiger partial charge < -0.3 is 0 Å². The molecule has 0 amide bonds. The molecule has 2 unspecified atom stereocenters. The van der Waals surface area contributed by atoms with Crippen LogP contribution in [0.4, 0.5) is 5.69 Å². The average Bonchev–Trinajstić information content (AvgIpc) is 2.80. The lowest BCUT2D eigenvalue weighted by Gasteiger charge is -2.32. The molecule has 1 aliphatic rings. The average molecular weight is 353 g/mol. The molecule has 0 N–H and O–H groups in total. The fourth-order valence-corrected chi connectivity index (χ4v) is 5.91. The first-order chi connectivity index (χ1) is 9.73. The van der Waals surface area contributed by atoms with Gasteiger partial charge in [-0.15, -0.1) is 11.3 Å². The topological polar surface area (TPSA) is 80.5 Å². The van der Waals surface area contributed by atoms with Crippen LogP contribution in [0.15, 0.2) is 10.3 Å². The van der Waals surface area contributed by atoms with Crippen molar-refractivity contribution in [2.75, 3.05) is 7.05 Å². The molecule has 1 saturated carbocycles. The van der Waals surface area contributed by atoms with Gasteiger partial charge in [0.15, 0.2) is 4.34 Å². The molecule has 0 spiro atoms. The van der Waals surface area contributed by atoms with Gasteiger partial charge in [0.25, 0.3) is 15.7 Å². The number of hydrogen-bond acceptors (Lipinski definition) is 5. The van der Waals surface area contributed by atoms with Crippen LogP contribution in [0.1, 0.15) is 32.6 Å². The quantitative estimate of drug-likeness (QED) is 0.613. The van der Waals surface area contributed by atoms with Gasteiger partial charge in [0, 0.05) is 19.2 Å². The summed E-state index contributed by atoms with van der Waals surface area (Å²) in [6.07, 6.45) is 3.75. The molecular weight excluding hydrogens is 336 g/mol. The lowest BCUT2D eigenvalue weighted by molar-refractivity contribution is -0.384. The summed E-state index contributed by atoms with van der Waals surface area (Å²) in [6, 6.07) is 0.990. The Morgan fingerprint density at radius 3 is 2.67 bits per heavy atom. The second kappa shape index (κ2) is 6.20. The normalized spacial score (nSPS) is 23.4. The Bertz CT molecular complexity index is 644. The first-order valence-electron chi connectivity index (χ1n) is 6.65. The van der Waals surface area contributed by atoms with Crippen molar-refractivity contribution >= 4 is 38.6 Å². The summed E-state index contributed by atoms with van der Waals surface area (Å²) in [6.45, 7) is 2.11. The van der Waals surface area contributed by atoms with Gasteiger partial charge in [-0.1, -0.05) is 31.4 Å². The number of halogens is 1. The molecule has 1 aromatic heterocycles. The largest absolute Gasteiger partial charge is 0.300 e. The van der Waals surface area contributed by atoms with Crippen LogP contribution in [0.2, 0.25) is 4.34 Å². The van der Waals surface area contributed by atoms with Crippen molar-refractivity contribution in [1.82, 2.24) is 4.31 Å². The lowest BCUT2D eigenvalue weighted by atomic mass is 9.87. The van der Waals surface area contributed by atoms with Gasteiger partial charge in [-0.3, -0.25) is 10.1 Å². The van der Waals surface area contributed by atoms with Gasteiger partial charge in [-0.2, -0.15) is 4.31 Å². The van der Waals surface area contributed by atoms with Gasteiger partial charge in [-0.25, -0.2) is 8.42 Å². The third-order valence-electron chi connectivity index (χ3n) is 3.90. The van der Waals surface area contributed by atoms with E-state index in [2.05, 4.69) is 6.92 Å². The van der Waals surface area contributed by atoms with E-state index >= 15 is 0 Å². The molecule has 0 radical (unpaired) electrons. The van der Waals surface area contributed by atoms with Crippen LogP contribution in [0, 0.1) is 16.0 Å². The van der Waals surface area contributed by atoms with Gasteiger partial charge in [0.1, 0.15) is 4.21 Å². The van der Waals surface area contributed by atoms with E-state index in [1.54, 1.807) is 0 Å². The molecule has 2 atom stereocenters. The molecule has 1 heterocycles. The number of rotatable bonds is 4. The maximum absolute atomic E-state index is 12.6. The molecule has 0 bridgehead atoms. The van der Waals surface area contributed by atoms with E-state index < -0.39 is 14.9 Å². The number of thiophene rings is 1. The van der Waals surface area contributed by atoms with Crippen molar-refractivity contribution in [3.63, 3.8) is 0 Å². The summed E-state index contributed by atoms with van der Waals surface area (Å²) in [7, 11) is -2.20. The molecule has 9 heteroatoms. The minimum Gasteiger partial charge on any atom is -0.258 e. The Labute approximate surface area is 132 Å². The Balaban J connectivity index is 2.28. The maximum atomic E-state index is 12.6. The van der Waals surface area contributed by atoms with Crippen molar-refractivity contribution in [1.29, 1.82) is 0 Å². The van der Waals surface area contributed by atoms with Crippen molar-refractivity contribution in [2.45, 2.75) is 42.9 Å². The highest BCUT2D eigenvalue weighted by molar-refractivity contribution is 7.91. The first kappa shape index (κ1) is 16.7. The molecule has 0 aromatic carbocycles. The van der Waals surface area contributed by atoms with E-state index in [-0.39, 0.29) is 20.3 Å². The monoisotopic (exact) mass is 352 g/mol. The number of sulfonamides is 1. The van der Waals surface area contributed by atoms with E-state index in [0.717, 1.165) is 43.1 Å². The van der Waals surface area contributed by atoms with E-state index in [4.69, 9.17) is 11.6 Å². The van der Waals surface area contributed by atoms with E-state index in [1.807, 2.05) is 0 Å². The molecule has 118 valence electrons. The molecule has 1 aliphatic carbocycles. The van der Waals surface area contributed by atoms with Gasteiger partial charge in [-0.05, 0) is 18.8 Å². The number of nitro groups is 1. The Morgan fingerprint density at radius 1 is 1.48 bits per heavy atom. The zero-order valence-electron chi connectivity index (χ0n) is 11.8. The second-order valence-electron chi connectivity index (χ2n) is 5.43. The van der Waals surface area contributed by atoms with Crippen LogP contribution in [0.25, 0.3) is 0 Å². The van der Waals surface area contributed by atoms with Crippen molar-refractivity contribution in [3.05, 3.63) is 20.5 Å². The van der Waals surface area contributed by atoms with E-state index in [9.17, 15) is 18.5 Å². The summed E-state index contributed by atoms with van der Waals surface area (Å²) in [5, 5.41) is 10.8. The molecule has 2 rings (SSSR count). The highest BCUT2D eigenvalue weighted by Gasteiger charge is 2.34. The van der Waals surface area contributed by atoms with Crippen molar-refractivity contribution < 1.29 is 13.3 Å². The predicted octanol–water partition coefficient (Wildman–Crippen LogP) is 3.51. The minimum atomic E-state index is -3.73. The summed E-state index contributed by atoms with van der Waals surface area (Å²) in [5.74, 6) is 0.489. The highest BCUT2D eigenvalue weighted by Crippen LogP contribution is 2.38. The molecule has 1 fully saturated rings. The maximum Gasteiger partial charge on any atom is 0.300 e. The highest BCUT2D eigenvalue weighted by atomic mass is 35.5. The van der Waals surface area contributed by atoms with Crippen molar-refractivity contribution in [3.8, 4) is 0 Å². The van der Waals surface area contributed by atoms with Crippen LogP contribution in [0.5, 0.6) is 0 Å². The van der Waals surface area contributed by atoms with Gasteiger partial charge in [0.2, 0.25) is 0 Å². The third kappa shape index (κ3) is 3.39. The van der Waals surface area contributed by atoms with Crippen LogP contribution < -0.4 is 0 Å². The van der Waals surface area contributed by atoms with Crippen LogP contribution in [-0.2, 0) is 10.0 Å². The smallest absolute Gasteiger partial charge is 0.258 e. The summed E-state index contributed by atoms with van der Waals surface area (Å²) in [5.41, 5.74) is -0.356. The van der Waals surface area contributed by atoms with Crippen LogP contribution >= 0.6 is 22.9 Å². The second-order valence-corrected chi connectivity index (χ2v) is 9.31. The Morgan fingerprint density at radius 2 is 2.14 bits per heavy atom. The number of nitrogens with zero attached hydrogens (tertiary/aromatic N) is 2. The molecule has 6 nitrogen and oxygen atoms in total. The zero-order chi connectivity index (χ0) is 15.8. The molecule has 0 saturated heterocycles. The summed E-state index contributed by atoms with van der Waals surface area (Å²) >= 11 is 6.49. The summed E-state index contributed by atoms with van der Waals surface area (Å²) in [4.78, 5) is 10.1. The fraction of sp³-hybridized carbons (Fsp3) is 0.667. The fourth-order valence-electron chi connectivity index (χ4n) is 2.66. The number of hydrogen-bond donors (Lipinski definition) is 0. The van der Waals surface area contributed by atoms with Crippen molar-refractivity contribution in [2.24, 2.45) is 5.92 Å². The van der Waals surface area contributed by atoms with E-state index in [0.29, 0.717) is 5.92 Å². The van der Waals surface area contributed by atoms with Crippen LogP contribution in [-0.4, -0.2) is 30.7 Å². The SMILES string of the molecule is CC1CCCC(N(C)S(=O)(=O)c2cc([N+](=O)[O-])c(Cl)s2)C1. The molecular formula is C12H17ClN2O4S2. The first-order valence-corrected chi connectivity index (χ1v) is 9.28. The molecule has 1 aromatic rings. The van der Waals surface area contributed by atoms with E-state index in [1.165, 1.54) is 11.4 Å². The Hall–Kier alpha value is -0.700. The third-order valence-corrected chi connectivity index (χ3v) is 7.60. The van der Waals surface area contributed by atoms with Gasteiger partial charge >= 0.3 is 0 Å². The predicted molar refractivity (Wildman–Crippen MR) is 82.4 cm³/mol. The summed E-state index contributed by atoms with van der Waals surface area (Å²) < 4.78 is 26.3. The van der Waals surface area contributed by atoms with Gasteiger partial charge in [0.05, 0.1) is 4.92 Å². The Kier molecular flexibility index (Phi) is 4.92. The zero-order valence-corrected chi connectivity index (χ0v) is 14.2. The standard InChI is InChI=1S/C12H17ClN2O4S2/c1-8-4-3-5-9(6-8)14(2)21(18,19)11-7-10(15(16)17)12(13)20-11/h7-9H,3-6H2,1-2H3. The van der Waals surface area contributed by atoms with Crippen LogP contribution in [0.3, 0.4) is 0 Å². The molecule has 21 heavy (non-hydrogen) atoms.